The van der Waals surface area contributed by atoms with Crippen LogP contribution in [0.1, 0.15) is 36.4 Å². The molecule has 33 heavy (non-hydrogen) atoms. The summed E-state index contributed by atoms with van der Waals surface area (Å²) in [6.07, 6.45) is 1.38. The molecule has 1 saturated heterocycles. The lowest BCUT2D eigenvalue weighted by Crippen LogP contribution is -2.47. The standard InChI is InChI=1S/C24H26N4O4S/c1-3-32-24(31)20-15(2)25-17-9-4-5-10-18(17)26-21(20)27-22(29)16-8-6-12-28(14-16)23(30)19-11-7-13-33-19/h4-5,7,9-11,13,16,25H,3,6,8,12,14H2,1-2H3,(H,26,27,29). The van der Waals surface area contributed by atoms with Gasteiger partial charge < -0.3 is 20.3 Å². The number of aliphatic imine (C=N–C) groups is 1. The fraction of sp³-hybridized carbons (Fsp3) is 0.333. The van der Waals surface area contributed by atoms with E-state index in [-0.39, 0.29) is 29.8 Å². The highest BCUT2D eigenvalue weighted by Crippen LogP contribution is 2.30. The molecule has 1 atom stereocenters. The second-order valence-corrected chi connectivity index (χ2v) is 8.83. The summed E-state index contributed by atoms with van der Waals surface area (Å²) >= 11 is 1.39. The number of carbonyl (C=O) groups excluding carboxylic acids is 3. The molecule has 2 N–H and O–H groups in total. The first-order valence-electron chi connectivity index (χ1n) is 10.9. The molecular weight excluding hydrogens is 440 g/mol. The van der Waals surface area contributed by atoms with E-state index < -0.39 is 11.9 Å². The minimum Gasteiger partial charge on any atom is -0.462 e. The van der Waals surface area contributed by atoms with E-state index in [4.69, 9.17) is 4.74 Å². The molecule has 0 spiro atoms. The number of fused-ring (bicyclic) bond motifs is 1. The third-order valence-electron chi connectivity index (χ3n) is 5.60. The Bertz CT molecular complexity index is 1120. The Hall–Kier alpha value is -3.46. The second kappa shape index (κ2) is 9.99. The summed E-state index contributed by atoms with van der Waals surface area (Å²) in [4.78, 5) is 45.7. The van der Waals surface area contributed by atoms with Crippen molar-refractivity contribution < 1.29 is 19.1 Å². The van der Waals surface area contributed by atoms with E-state index >= 15 is 0 Å². The number of hydrogen-bond acceptors (Lipinski definition) is 7. The average Bonchev–Trinajstić information content (AvgIpc) is 3.30. The molecule has 1 aromatic heterocycles. The summed E-state index contributed by atoms with van der Waals surface area (Å²) in [5.74, 6) is -1.15. The Balaban J connectivity index is 1.57. The molecule has 0 radical (unpaired) electrons. The first-order chi connectivity index (χ1) is 16.0. The number of esters is 1. The molecule has 0 bridgehead atoms. The van der Waals surface area contributed by atoms with Crippen molar-refractivity contribution in [2.45, 2.75) is 26.7 Å². The van der Waals surface area contributed by atoms with Crippen molar-refractivity contribution >= 4 is 46.3 Å². The maximum atomic E-state index is 13.3. The van der Waals surface area contributed by atoms with Crippen LogP contribution in [0.4, 0.5) is 11.4 Å². The molecular formula is C24H26N4O4S. The van der Waals surface area contributed by atoms with E-state index in [1.807, 2.05) is 29.6 Å². The number of piperidine rings is 1. The fourth-order valence-electron chi connectivity index (χ4n) is 3.99. The van der Waals surface area contributed by atoms with Crippen molar-refractivity contribution in [3.05, 3.63) is 57.9 Å². The summed E-state index contributed by atoms with van der Waals surface area (Å²) in [6.45, 7) is 4.61. The number of likely N-dealkylation sites (tertiary alicyclic amines) is 1. The molecule has 2 aliphatic heterocycles. The largest absolute Gasteiger partial charge is 0.462 e. The van der Waals surface area contributed by atoms with Crippen LogP contribution in [0, 0.1) is 5.92 Å². The number of rotatable bonds is 4. The second-order valence-electron chi connectivity index (χ2n) is 7.88. The van der Waals surface area contributed by atoms with Crippen LogP contribution in [0.15, 0.2) is 58.0 Å². The summed E-state index contributed by atoms with van der Waals surface area (Å²) in [5.41, 5.74) is 2.05. The van der Waals surface area contributed by atoms with Crippen molar-refractivity contribution in [3.63, 3.8) is 0 Å². The van der Waals surface area contributed by atoms with Crippen LogP contribution < -0.4 is 10.6 Å². The van der Waals surface area contributed by atoms with E-state index in [0.29, 0.717) is 35.8 Å². The summed E-state index contributed by atoms with van der Waals surface area (Å²) in [6, 6.07) is 11.0. The normalized spacial score (nSPS) is 17.9. The number of carbonyl (C=O) groups is 3. The molecule has 2 amide bonds. The zero-order chi connectivity index (χ0) is 23.4. The quantitative estimate of drug-likeness (QED) is 0.669. The predicted molar refractivity (Wildman–Crippen MR) is 128 cm³/mol. The number of nitrogens with one attached hydrogen (secondary N) is 2. The van der Waals surface area contributed by atoms with E-state index in [1.54, 1.807) is 30.9 Å². The van der Waals surface area contributed by atoms with Crippen LogP contribution in [0.5, 0.6) is 0 Å². The minimum atomic E-state index is -0.563. The third kappa shape index (κ3) is 4.98. The van der Waals surface area contributed by atoms with Gasteiger partial charge in [-0.15, -0.1) is 11.3 Å². The van der Waals surface area contributed by atoms with Crippen LogP contribution in [0.25, 0.3) is 0 Å². The zero-order valence-corrected chi connectivity index (χ0v) is 19.4. The Morgan fingerprint density at radius 3 is 2.82 bits per heavy atom. The van der Waals surface area contributed by atoms with Gasteiger partial charge in [0.25, 0.3) is 5.91 Å². The highest BCUT2D eigenvalue weighted by molar-refractivity contribution is 7.12. The lowest BCUT2D eigenvalue weighted by molar-refractivity contribution is -0.137. The van der Waals surface area contributed by atoms with Crippen LogP contribution in [0.2, 0.25) is 0 Å². The molecule has 0 saturated carbocycles. The molecule has 1 unspecified atom stereocenters. The number of thiophene rings is 1. The van der Waals surface area contributed by atoms with Crippen molar-refractivity contribution in [1.29, 1.82) is 0 Å². The van der Waals surface area contributed by atoms with Crippen LogP contribution in [-0.2, 0) is 14.3 Å². The number of anilines is 1. The number of allylic oxidation sites excluding steroid dienone is 1. The number of hydrogen-bond donors (Lipinski definition) is 2. The van der Waals surface area contributed by atoms with Crippen molar-refractivity contribution in [2.24, 2.45) is 10.9 Å². The summed E-state index contributed by atoms with van der Waals surface area (Å²) in [5, 5.41) is 7.92. The van der Waals surface area contributed by atoms with E-state index in [1.165, 1.54) is 11.3 Å². The monoisotopic (exact) mass is 466 g/mol. The summed E-state index contributed by atoms with van der Waals surface area (Å²) in [7, 11) is 0. The van der Waals surface area contributed by atoms with Crippen LogP contribution in [0.3, 0.4) is 0 Å². The molecule has 9 heteroatoms. The Morgan fingerprint density at radius 1 is 1.24 bits per heavy atom. The van der Waals surface area contributed by atoms with Crippen LogP contribution >= 0.6 is 11.3 Å². The molecule has 8 nitrogen and oxygen atoms in total. The number of ether oxygens (including phenoxy) is 1. The van der Waals surface area contributed by atoms with Crippen LogP contribution in [-0.4, -0.2) is 48.2 Å². The lowest BCUT2D eigenvalue weighted by Gasteiger charge is -2.32. The van der Waals surface area contributed by atoms with Crippen molar-refractivity contribution in [3.8, 4) is 0 Å². The van der Waals surface area contributed by atoms with Gasteiger partial charge in [-0.25, -0.2) is 9.79 Å². The van der Waals surface area contributed by atoms with Gasteiger partial charge in [0, 0.05) is 18.8 Å². The number of benzene rings is 1. The van der Waals surface area contributed by atoms with Gasteiger partial charge in [0.15, 0.2) is 0 Å². The number of amidine groups is 1. The van der Waals surface area contributed by atoms with Gasteiger partial charge in [-0.1, -0.05) is 18.2 Å². The first-order valence-corrected chi connectivity index (χ1v) is 11.8. The van der Waals surface area contributed by atoms with E-state index in [9.17, 15) is 14.4 Å². The number of nitrogens with zero attached hydrogens (tertiary/aromatic N) is 2. The molecule has 3 heterocycles. The molecule has 1 fully saturated rings. The van der Waals surface area contributed by atoms with E-state index in [0.717, 1.165) is 12.1 Å². The zero-order valence-electron chi connectivity index (χ0n) is 18.6. The maximum Gasteiger partial charge on any atom is 0.343 e. The van der Waals surface area contributed by atoms with E-state index in [2.05, 4.69) is 15.6 Å². The lowest BCUT2D eigenvalue weighted by atomic mass is 9.96. The smallest absolute Gasteiger partial charge is 0.343 e. The average molecular weight is 467 g/mol. The van der Waals surface area contributed by atoms with Gasteiger partial charge in [-0.3, -0.25) is 9.59 Å². The Morgan fingerprint density at radius 2 is 2.06 bits per heavy atom. The number of amides is 2. The van der Waals surface area contributed by atoms with Gasteiger partial charge in [-0.2, -0.15) is 0 Å². The van der Waals surface area contributed by atoms with Gasteiger partial charge in [-0.05, 0) is 50.3 Å². The highest BCUT2D eigenvalue weighted by atomic mass is 32.1. The Labute approximate surface area is 196 Å². The Kier molecular flexibility index (Phi) is 6.88. The minimum absolute atomic E-state index is 0.0598. The highest BCUT2D eigenvalue weighted by Gasteiger charge is 2.32. The SMILES string of the molecule is CCOC(=O)C1=C(C)Nc2ccccc2N=C1NC(=O)C1CCCN(C(=O)c2cccs2)C1. The summed E-state index contributed by atoms with van der Waals surface area (Å²) < 4.78 is 5.23. The van der Waals surface area contributed by atoms with Crippen molar-refractivity contribution in [2.75, 3.05) is 25.0 Å². The fourth-order valence-corrected chi connectivity index (χ4v) is 4.68. The number of para-hydroxylation sites is 2. The first kappa shape index (κ1) is 22.7. The van der Waals surface area contributed by atoms with Gasteiger partial charge in [0.1, 0.15) is 11.4 Å². The molecule has 4 rings (SSSR count). The maximum absolute atomic E-state index is 13.3. The topological polar surface area (TPSA) is 100 Å². The molecule has 172 valence electrons. The molecule has 2 aromatic rings. The van der Waals surface area contributed by atoms with Crippen molar-refractivity contribution in [1.82, 2.24) is 10.2 Å². The molecule has 0 aliphatic carbocycles. The molecule has 2 aliphatic rings. The third-order valence-corrected chi connectivity index (χ3v) is 6.46. The predicted octanol–water partition coefficient (Wildman–Crippen LogP) is 3.71. The molecule has 1 aromatic carbocycles. The van der Waals surface area contributed by atoms with Gasteiger partial charge in [0.2, 0.25) is 5.91 Å². The van der Waals surface area contributed by atoms with Gasteiger partial charge >= 0.3 is 5.97 Å². The van der Waals surface area contributed by atoms with Gasteiger partial charge in [0.05, 0.1) is 28.8 Å².